The number of aliphatic hydroxyl groups excluding tert-OH is 1. The Morgan fingerprint density at radius 3 is 2.56 bits per heavy atom. The van der Waals surface area contributed by atoms with Crippen molar-refractivity contribution in [1.29, 1.82) is 0 Å². The average molecular weight is 480 g/mol. The van der Waals surface area contributed by atoms with Crippen molar-refractivity contribution in [2.24, 2.45) is 45.6 Å². The number of hydrogen-bond donors (Lipinski definition) is 2. The number of oxime groups is 1. The number of nitrogens with zero attached hydrogens (tertiary/aromatic N) is 2. The second-order valence-corrected chi connectivity index (χ2v) is 12.1. The Morgan fingerprint density at radius 2 is 1.82 bits per heavy atom. The first-order valence-corrected chi connectivity index (χ1v) is 13.6. The van der Waals surface area contributed by atoms with Gasteiger partial charge in [0, 0.05) is 19.0 Å². The van der Waals surface area contributed by atoms with Crippen molar-refractivity contribution in [3.05, 3.63) is 0 Å². The number of fused-ring (bicyclic) bond motifs is 5. The molecule has 4 saturated carbocycles. The summed E-state index contributed by atoms with van der Waals surface area (Å²) < 4.78 is 12.9. The molecule has 0 spiro atoms. The van der Waals surface area contributed by atoms with Crippen LogP contribution in [0, 0.1) is 40.4 Å². The van der Waals surface area contributed by atoms with Crippen LogP contribution in [0.25, 0.3) is 0 Å². The first-order valence-electron chi connectivity index (χ1n) is 13.6. The van der Waals surface area contributed by atoms with Crippen molar-refractivity contribution in [1.82, 2.24) is 10.2 Å². The van der Waals surface area contributed by atoms with E-state index in [1.807, 2.05) is 6.92 Å². The quantitative estimate of drug-likeness (QED) is 0.306. The summed E-state index contributed by atoms with van der Waals surface area (Å²) in [6, 6.07) is 0. The van der Waals surface area contributed by atoms with Crippen LogP contribution >= 0.6 is 0 Å². The van der Waals surface area contributed by atoms with Crippen LogP contribution < -0.4 is 5.32 Å². The molecule has 0 aromatic rings. The molecule has 0 aliphatic heterocycles. The zero-order valence-electron chi connectivity index (χ0n) is 21.7. The number of aliphatic hydroxyl groups is 1. The molecule has 0 bridgehead atoms. The standard InChI is InChI=1S/C27H46FN3O3/c1-18(30-34-25(33)31(15-13-28)16-14-29-4)22-7-8-23-21-6-5-19-17-20(32)9-11-26(19,2)24(21)10-12-27(22,23)3/h19-24,29,32H,5-17H2,1-4H3/b30-18+/t19-,20-,21+,22-,23+,24+,26+,27-/m1/s1. The van der Waals surface area contributed by atoms with Crippen LogP contribution in [0.15, 0.2) is 5.16 Å². The molecule has 0 aromatic heterocycles. The maximum absolute atomic E-state index is 12.9. The molecule has 34 heavy (non-hydrogen) atoms. The monoisotopic (exact) mass is 479 g/mol. The Morgan fingerprint density at radius 1 is 1.09 bits per heavy atom. The van der Waals surface area contributed by atoms with Gasteiger partial charge in [-0.05, 0) is 106 Å². The van der Waals surface area contributed by atoms with Crippen LogP contribution in [0.4, 0.5) is 9.18 Å². The number of carbonyl (C=O) groups is 1. The van der Waals surface area contributed by atoms with E-state index < -0.39 is 12.8 Å². The van der Waals surface area contributed by atoms with Crippen LogP contribution in [0.3, 0.4) is 0 Å². The molecule has 194 valence electrons. The molecule has 0 heterocycles. The lowest BCUT2D eigenvalue weighted by Gasteiger charge is -2.61. The molecular formula is C27H46FN3O3. The van der Waals surface area contributed by atoms with E-state index in [1.54, 1.807) is 7.05 Å². The second kappa shape index (κ2) is 10.4. The summed E-state index contributed by atoms with van der Waals surface area (Å²) in [5.41, 5.74) is 1.49. The molecule has 4 rings (SSSR count). The number of hydrogen-bond acceptors (Lipinski definition) is 5. The maximum atomic E-state index is 12.9. The highest BCUT2D eigenvalue weighted by atomic mass is 19.1. The van der Waals surface area contributed by atoms with Gasteiger partial charge in [0.2, 0.25) is 0 Å². The highest BCUT2D eigenvalue weighted by molar-refractivity contribution is 5.85. The van der Waals surface area contributed by atoms with Gasteiger partial charge in [-0.2, -0.15) is 0 Å². The average Bonchev–Trinajstić information content (AvgIpc) is 3.17. The highest BCUT2D eigenvalue weighted by Gasteiger charge is 2.60. The minimum atomic E-state index is -0.592. The van der Waals surface area contributed by atoms with Crippen molar-refractivity contribution in [3.8, 4) is 0 Å². The van der Waals surface area contributed by atoms with E-state index in [2.05, 4.69) is 24.3 Å². The number of alkyl halides is 1. The first kappa shape index (κ1) is 25.9. The van der Waals surface area contributed by atoms with E-state index in [-0.39, 0.29) is 18.1 Å². The molecule has 7 heteroatoms. The highest BCUT2D eigenvalue weighted by Crippen LogP contribution is 2.67. The van der Waals surface area contributed by atoms with Gasteiger partial charge in [-0.15, -0.1) is 0 Å². The Kier molecular flexibility index (Phi) is 7.93. The molecular weight excluding hydrogens is 433 g/mol. The van der Waals surface area contributed by atoms with Crippen molar-refractivity contribution in [3.63, 3.8) is 0 Å². The maximum Gasteiger partial charge on any atom is 0.436 e. The molecule has 1 amide bonds. The van der Waals surface area contributed by atoms with E-state index in [4.69, 9.17) is 4.84 Å². The Hall–Kier alpha value is -1.21. The third-order valence-corrected chi connectivity index (χ3v) is 10.7. The van der Waals surface area contributed by atoms with Gasteiger partial charge in [0.05, 0.1) is 18.4 Å². The summed E-state index contributed by atoms with van der Waals surface area (Å²) in [6.45, 7) is 7.40. The van der Waals surface area contributed by atoms with E-state index in [0.717, 1.165) is 36.8 Å². The van der Waals surface area contributed by atoms with E-state index >= 15 is 0 Å². The van der Waals surface area contributed by atoms with Gasteiger partial charge in [0.1, 0.15) is 6.67 Å². The van der Waals surface area contributed by atoms with Crippen LogP contribution in [0.2, 0.25) is 0 Å². The predicted octanol–water partition coefficient (Wildman–Crippen LogP) is 5.01. The van der Waals surface area contributed by atoms with Crippen molar-refractivity contribution in [2.45, 2.75) is 84.7 Å². The van der Waals surface area contributed by atoms with Gasteiger partial charge in [-0.1, -0.05) is 19.0 Å². The molecule has 4 fully saturated rings. The molecule has 0 aromatic carbocycles. The van der Waals surface area contributed by atoms with Crippen LogP contribution in [-0.2, 0) is 4.84 Å². The lowest BCUT2D eigenvalue weighted by atomic mass is 9.44. The van der Waals surface area contributed by atoms with Crippen LogP contribution in [0.5, 0.6) is 0 Å². The van der Waals surface area contributed by atoms with E-state index in [0.29, 0.717) is 36.3 Å². The normalized spacial score (nSPS) is 41.9. The van der Waals surface area contributed by atoms with Gasteiger partial charge >= 0.3 is 6.09 Å². The van der Waals surface area contributed by atoms with Gasteiger partial charge in [-0.25, -0.2) is 9.18 Å². The van der Waals surface area contributed by atoms with Gasteiger partial charge in [0.15, 0.2) is 0 Å². The van der Waals surface area contributed by atoms with Crippen LogP contribution in [-0.4, -0.2) is 61.3 Å². The van der Waals surface area contributed by atoms with Gasteiger partial charge < -0.3 is 15.3 Å². The Balaban J connectivity index is 1.43. The fourth-order valence-electron chi connectivity index (χ4n) is 8.80. The SMILES string of the molecule is CNCCN(CCF)C(=O)O/N=C(\C)[C@H]1CC[C@H]2[C@@H]3CC[C@@H]4C[C@H](O)CC[C@]4(C)[C@H]3CC[C@]12C. The zero-order valence-corrected chi connectivity index (χ0v) is 21.7. The van der Waals surface area contributed by atoms with E-state index in [1.165, 1.54) is 43.4 Å². The number of carbonyl (C=O) groups excluding carboxylic acids is 1. The molecule has 6 nitrogen and oxygen atoms in total. The molecule has 8 atom stereocenters. The number of rotatable bonds is 7. The summed E-state index contributed by atoms with van der Waals surface area (Å²) in [7, 11) is 1.80. The minimum absolute atomic E-state index is 0.0259. The number of nitrogens with one attached hydrogen (secondary N) is 1. The zero-order chi connectivity index (χ0) is 24.5. The predicted molar refractivity (Wildman–Crippen MR) is 132 cm³/mol. The van der Waals surface area contributed by atoms with Crippen molar-refractivity contribution < 1.29 is 19.1 Å². The summed E-state index contributed by atoms with van der Waals surface area (Å²) in [4.78, 5) is 19.2. The van der Waals surface area contributed by atoms with Gasteiger partial charge in [-0.3, -0.25) is 4.84 Å². The molecule has 4 aliphatic rings. The molecule has 4 aliphatic carbocycles. The van der Waals surface area contributed by atoms with Crippen molar-refractivity contribution >= 4 is 11.8 Å². The Bertz CT molecular complexity index is 763. The second-order valence-electron chi connectivity index (χ2n) is 12.1. The molecule has 0 unspecified atom stereocenters. The number of likely N-dealkylation sites (N-methyl/N-ethyl adjacent to an activating group) is 1. The fraction of sp³-hybridized carbons (Fsp3) is 0.926. The largest absolute Gasteiger partial charge is 0.436 e. The number of amides is 1. The Labute approximate surface area is 205 Å². The summed E-state index contributed by atoms with van der Waals surface area (Å²) in [5.74, 6) is 3.23. The fourth-order valence-corrected chi connectivity index (χ4v) is 8.80. The summed E-state index contributed by atoms with van der Waals surface area (Å²) in [5, 5.41) is 17.5. The molecule has 0 radical (unpaired) electrons. The minimum Gasteiger partial charge on any atom is -0.393 e. The smallest absolute Gasteiger partial charge is 0.393 e. The molecule has 2 N–H and O–H groups in total. The summed E-state index contributed by atoms with van der Waals surface area (Å²) in [6.07, 6.45) is 9.80. The molecule has 0 saturated heterocycles. The summed E-state index contributed by atoms with van der Waals surface area (Å²) >= 11 is 0. The third-order valence-electron chi connectivity index (χ3n) is 10.7. The topological polar surface area (TPSA) is 74.2 Å². The number of halogens is 1. The lowest BCUT2D eigenvalue weighted by molar-refractivity contribution is -0.123. The lowest BCUT2D eigenvalue weighted by Crippen LogP contribution is -2.54. The van der Waals surface area contributed by atoms with Crippen molar-refractivity contribution in [2.75, 3.05) is 33.4 Å². The van der Waals surface area contributed by atoms with Crippen LogP contribution in [0.1, 0.15) is 78.6 Å². The van der Waals surface area contributed by atoms with E-state index in [9.17, 15) is 14.3 Å². The third kappa shape index (κ3) is 4.63. The van der Waals surface area contributed by atoms with Gasteiger partial charge in [0.25, 0.3) is 0 Å². The first-order chi connectivity index (χ1) is 16.2.